The van der Waals surface area contributed by atoms with E-state index < -0.39 is 17.7 Å². The molecule has 192 valence electrons. The van der Waals surface area contributed by atoms with Crippen LogP contribution in [0.15, 0.2) is 66.2 Å². The molecule has 2 aliphatic heterocycles. The summed E-state index contributed by atoms with van der Waals surface area (Å²) in [5.74, 6) is -0.395. The van der Waals surface area contributed by atoms with Crippen LogP contribution in [0.25, 0.3) is 16.0 Å². The van der Waals surface area contributed by atoms with Gasteiger partial charge in [0.15, 0.2) is 16.6 Å². The average molecular weight is 529 g/mol. The van der Waals surface area contributed by atoms with Crippen LogP contribution in [0.2, 0.25) is 0 Å². The maximum atomic E-state index is 13.6. The summed E-state index contributed by atoms with van der Waals surface area (Å²) < 4.78 is 17.8. The minimum Gasteiger partial charge on any atom is -0.507 e. The van der Waals surface area contributed by atoms with Gasteiger partial charge in [0, 0.05) is 11.1 Å². The number of rotatable bonds is 5. The van der Waals surface area contributed by atoms with E-state index in [0.29, 0.717) is 46.7 Å². The molecule has 4 aromatic rings. The molecule has 0 radical (unpaired) electrons. The zero-order valence-electron chi connectivity index (χ0n) is 20.8. The minimum absolute atomic E-state index is 0.0512. The number of hydrogen-bond donors (Lipinski definition) is 1. The lowest BCUT2D eigenvalue weighted by Gasteiger charge is -2.24. The summed E-state index contributed by atoms with van der Waals surface area (Å²) in [5, 5.41) is 11.9. The van der Waals surface area contributed by atoms with Gasteiger partial charge in [-0.25, -0.2) is 4.98 Å². The fourth-order valence-corrected chi connectivity index (χ4v) is 5.90. The second kappa shape index (κ2) is 9.50. The number of ether oxygens (including phenoxy) is 3. The SMILES string of the molecule is CCc1ccc2nc(N3C(=O)C(=O)/C(=C(/O)c4ccc5c(c4)OCCO5)C3c3ccccc3OC)sc2c1. The highest BCUT2D eigenvalue weighted by Crippen LogP contribution is 2.47. The third kappa shape index (κ3) is 3.86. The maximum absolute atomic E-state index is 13.6. The molecule has 1 saturated heterocycles. The van der Waals surface area contributed by atoms with Gasteiger partial charge >= 0.3 is 5.91 Å². The molecule has 0 saturated carbocycles. The van der Waals surface area contributed by atoms with Crippen molar-refractivity contribution < 1.29 is 28.9 Å². The number of Topliss-reactive ketones (excluding diaryl/α,β-unsaturated/α-hetero) is 1. The van der Waals surface area contributed by atoms with Crippen LogP contribution >= 0.6 is 11.3 Å². The van der Waals surface area contributed by atoms with Crippen LogP contribution in [0, 0.1) is 0 Å². The zero-order valence-corrected chi connectivity index (χ0v) is 21.6. The van der Waals surface area contributed by atoms with Crippen LogP contribution in [0.1, 0.15) is 29.7 Å². The second-order valence-electron chi connectivity index (χ2n) is 8.92. The number of aliphatic hydroxyl groups excluding tert-OH is 1. The number of carbonyl (C=O) groups excluding carboxylic acids is 2. The number of aromatic nitrogens is 1. The Morgan fingerprint density at radius 1 is 1.08 bits per heavy atom. The van der Waals surface area contributed by atoms with Crippen molar-refractivity contribution >= 4 is 44.1 Å². The number of benzene rings is 3. The van der Waals surface area contributed by atoms with Crippen LogP contribution in [0.3, 0.4) is 0 Å². The van der Waals surface area contributed by atoms with Crippen molar-refractivity contribution in [2.75, 3.05) is 25.2 Å². The molecule has 6 rings (SSSR count). The predicted molar refractivity (Wildman–Crippen MR) is 144 cm³/mol. The summed E-state index contributed by atoms with van der Waals surface area (Å²) in [7, 11) is 1.52. The first-order valence-corrected chi connectivity index (χ1v) is 13.0. The largest absolute Gasteiger partial charge is 0.507 e. The van der Waals surface area contributed by atoms with Gasteiger partial charge in [-0.2, -0.15) is 0 Å². The molecule has 1 amide bonds. The van der Waals surface area contributed by atoms with E-state index in [-0.39, 0.29) is 11.3 Å². The van der Waals surface area contributed by atoms with E-state index in [1.165, 1.54) is 23.3 Å². The first-order valence-electron chi connectivity index (χ1n) is 12.2. The number of methoxy groups -OCH3 is 1. The van der Waals surface area contributed by atoms with Gasteiger partial charge in [0.05, 0.1) is 22.9 Å². The molecule has 1 N–H and O–H groups in total. The Bertz CT molecular complexity index is 1620. The van der Waals surface area contributed by atoms with E-state index in [0.717, 1.165) is 22.2 Å². The molecule has 3 heterocycles. The van der Waals surface area contributed by atoms with E-state index in [1.807, 2.05) is 18.2 Å². The van der Waals surface area contributed by atoms with Crippen LogP contribution in [0.5, 0.6) is 17.2 Å². The summed E-state index contributed by atoms with van der Waals surface area (Å²) in [5.41, 5.74) is 2.72. The Morgan fingerprint density at radius 2 is 1.87 bits per heavy atom. The highest BCUT2D eigenvalue weighted by Gasteiger charge is 2.49. The third-order valence-electron chi connectivity index (χ3n) is 6.75. The summed E-state index contributed by atoms with van der Waals surface area (Å²) in [6.45, 7) is 2.88. The normalized spacial score (nSPS) is 18.3. The number of aryl methyl sites for hydroxylation is 1. The summed E-state index contributed by atoms with van der Waals surface area (Å²) >= 11 is 1.33. The van der Waals surface area contributed by atoms with Crippen molar-refractivity contribution in [3.63, 3.8) is 0 Å². The molecule has 1 unspecified atom stereocenters. The van der Waals surface area contributed by atoms with E-state index >= 15 is 0 Å². The van der Waals surface area contributed by atoms with Gasteiger partial charge in [0.1, 0.15) is 30.8 Å². The van der Waals surface area contributed by atoms with Gasteiger partial charge in [-0.15, -0.1) is 0 Å². The van der Waals surface area contributed by atoms with E-state index in [9.17, 15) is 14.7 Å². The zero-order chi connectivity index (χ0) is 26.4. The molecular weight excluding hydrogens is 504 g/mol. The minimum atomic E-state index is -0.953. The third-order valence-corrected chi connectivity index (χ3v) is 7.77. The van der Waals surface area contributed by atoms with E-state index in [2.05, 4.69) is 6.92 Å². The Balaban J connectivity index is 1.55. The van der Waals surface area contributed by atoms with Gasteiger partial charge in [-0.1, -0.05) is 42.5 Å². The molecule has 1 fully saturated rings. The molecule has 8 nitrogen and oxygen atoms in total. The standard InChI is InChI=1S/C29H24N2O6S/c1-3-16-8-10-19-23(14-16)38-29(30-19)31-25(18-6-4-5-7-20(18)35-2)24(27(33)28(31)34)26(32)17-9-11-21-22(15-17)37-13-12-36-21/h4-11,14-15,25,32H,3,12-13H2,1-2H3/b26-24+. The van der Waals surface area contributed by atoms with Crippen molar-refractivity contribution in [2.24, 2.45) is 0 Å². The lowest BCUT2D eigenvalue weighted by molar-refractivity contribution is -0.132. The summed E-state index contributed by atoms with van der Waals surface area (Å²) in [4.78, 5) is 33.2. The fourth-order valence-electron chi connectivity index (χ4n) is 4.84. The smallest absolute Gasteiger partial charge is 0.301 e. The molecule has 9 heteroatoms. The van der Waals surface area contributed by atoms with E-state index in [4.69, 9.17) is 19.2 Å². The number of hydrogen-bond acceptors (Lipinski definition) is 8. The number of carbonyl (C=O) groups is 2. The molecule has 0 bridgehead atoms. The quantitative estimate of drug-likeness (QED) is 0.214. The van der Waals surface area contributed by atoms with Crippen LogP contribution in [-0.4, -0.2) is 42.1 Å². The monoisotopic (exact) mass is 528 g/mol. The topological polar surface area (TPSA) is 98.2 Å². The number of aliphatic hydroxyl groups is 1. The Labute approximate surface area is 222 Å². The van der Waals surface area contributed by atoms with Crippen molar-refractivity contribution in [2.45, 2.75) is 19.4 Å². The highest BCUT2D eigenvalue weighted by molar-refractivity contribution is 7.22. The number of nitrogens with zero attached hydrogens (tertiary/aromatic N) is 2. The Kier molecular flexibility index (Phi) is 6.00. The molecule has 38 heavy (non-hydrogen) atoms. The van der Waals surface area contributed by atoms with Crippen LogP contribution in [0.4, 0.5) is 5.13 Å². The Morgan fingerprint density at radius 3 is 2.66 bits per heavy atom. The number of fused-ring (bicyclic) bond motifs is 2. The fraction of sp³-hybridized carbons (Fsp3) is 0.207. The number of amides is 1. The van der Waals surface area contributed by atoms with Crippen molar-refractivity contribution in [3.8, 4) is 17.2 Å². The van der Waals surface area contributed by atoms with Crippen LogP contribution in [-0.2, 0) is 16.0 Å². The number of para-hydroxylation sites is 1. The number of thiazole rings is 1. The highest BCUT2D eigenvalue weighted by atomic mass is 32.1. The van der Waals surface area contributed by atoms with Gasteiger partial charge in [-0.3, -0.25) is 14.5 Å². The maximum Gasteiger partial charge on any atom is 0.301 e. The molecular formula is C29H24N2O6S. The number of ketones is 1. The van der Waals surface area contributed by atoms with E-state index in [1.54, 1.807) is 42.5 Å². The van der Waals surface area contributed by atoms with Crippen molar-refractivity contribution in [1.29, 1.82) is 0 Å². The van der Waals surface area contributed by atoms with Gasteiger partial charge in [0.2, 0.25) is 0 Å². The summed E-state index contributed by atoms with van der Waals surface area (Å²) in [6.07, 6.45) is 0.866. The lowest BCUT2D eigenvalue weighted by atomic mass is 9.94. The van der Waals surface area contributed by atoms with Gasteiger partial charge < -0.3 is 19.3 Å². The molecule has 0 aliphatic carbocycles. The molecule has 3 aromatic carbocycles. The summed E-state index contributed by atoms with van der Waals surface area (Å²) in [6, 6.07) is 17.1. The van der Waals surface area contributed by atoms with Crippen molar-refractivity contribution in [1.82, 2.24) is 4.98 Å². The number of anilines is 1. The first-order chi connectivity index (χ1) is 18.5. The van der Waals surface area contributed by atoms with Gasteiger partial charge in [-0.05, 0) is 48.4 Å². The lowest BCUT2D eigenvalue weighted by Crippen LogP contribution is -2.29. The Hall–Kier alpha value is -4.37. The molecule has 0 spiro atoms. The molecule has 2 aliphatic rings. The van der Waals surface area contributed by atoms with Crippen LogP contribution < -0.4 is 19.1 Å². The van der Waals surface area contributed by atoms with Gasteiger partial charge in [0.25, 0.3) is 5.78 Å². The predicted octanol–water partition coefficient (Wildman–Crippen LogP) is 5.26. The average Bonchev–Trinajstić information content (AvgIpc) is 3.49. The second-order valence-corrected chi connectivity index (χ2v) is 9.93. The molecule has 1 atom stereocenters. The molecule has 1 aromatic heterocycles. The van der Waals surface area contributed by atoms with Crippen molar-refractivity contribution in [3.05, 3.63) is 82.9 Å². The first kappa shape index (κ1) is 24.0.